The molecule has 1 amide bonds. The smallest absolute Gasteiger partial charge is 0.321 e. The second-order valence-electron chi connectivity index (χ2n) is 7.96. The maximum Gasteiger partial charge on any atom is 0.321 e. The molecule has 2 aromatic carbocycles. The summed E-state index contributed by atoms with van der Waals surface area (Å²) in [7, 11) is 0. The maximum absolute atomic E-state index is 13.9. The Hall–Kier alpha value is -2.97. The zero-order valence-electron chi connectivity index (χ0n) is 17.5. The number of hydrogen-bond donors (Lipinski definition) is 2. The highest BCUT2D eigenvalue weighted by Crippen LogP contribution is 2.23. The van der Waals surface area contributed by atoms with Crippen LogP contribution in [0.4, 0.5) is 10.4 Å². The summed E-state index contributed by atoms with van der Waals surface area (Å²) in [5, 5.41) is 7.70. The Morgan fingerprint density at radius 2 is 2.16 bits per heavy atom. The number of aromatic nitrogens is 2. The summed E-state index contributed by atoms with van der Waals surface area (Å²) >= 11 is 6.02. The third-order valence-corrected chi connectivity index (χ3v) is 5.81. The van der Waals surface area contributed by atoms with Gasteiger partial charge in [0.15, 0.2) is 0 Å². The largest absolute Gasteiger partial charge is 0.338 e. The van der Waals surface area contributed by atoms with Crippen LogP contribution in [0, 0.1) is 5.82 Å². The van der Waals surface area contributed by atoms with Gasteiger partial charge < -0.3 is 20.5 Å². The summed E-state index contributed by atoms with van der Waals surface area (Å²) in [5.74, 6) is 0.118. The molecule has 0 bridgehead atoms. The number of nitrogens with two attached hydrogens (primary N) is 1. The van der Waals surface area contributed by atoms with E-state index in [2.05, 4.69) is 15.5 Å². The van der Waals surface area contributed by atoms with Gasteiger partial charge in [-0.1, -0.05) is 47.1 Å². The highest BCUT2D eigenvalue weighted by atomic mass is 35.5. The number of likely N-dealkylation sites (tertiary alicyclic amines) is 1. The lowest BCUT2D eigenvalue weighted by molar-refractivity contribution is -0.132. The van der Waals surface area contributed by atoms with Gasteiger partial charge in [-0.25, -0.2) is 4.39 Å². The first-order valence-electron chi connectivity index (χ1n) is 10.6. The highest BCUT2D eigenvalue weighted by Gasteiger charge is 2.29. The quantitative estimate of drug-likeness (QED) is 0.532. The molecule has 2 heterocycles. The van der Waals surface area contributed by atoms with Crippen molar-refractivity contribution < 1.29 is 13.7 Å². The van der Waals surface area contributed by atoms with Crippen LogP contribution in [0.25, 0.3) is 11.4 Å². The minimum Gasteiger partial charge on any atom is -0.338 e. The Morgan fingerprint density at radius 1 is 1.31 bits per heavy atom. The molecule has 0 aliphatic carbocycles. The predicted molar refractivity (Wildman–Crippen MR) is 121 cm³/mol. The first kappa shape index (κ1) is 22.2. The minimum atomic E-state index is -0.440. The second-order valence-corrected chi connectivity index (χ2v) is 8.39. The van der Waals surface area contributed by atoms with E-state index in [4.69, 9.17) is 21.9 Å². The molecule has 7 nitrogen and oxygen atoms in total. The molecule has 1 fully saturated rings. The Morgan fingerprint density at radius 3 is 2.97 bits per heavy atom. The fourth-order valence-corrected chi connectivity index (χ4v) is 4.17. The summed E-state index contributed by atoms with van der Waals surface area (Å²) < 4.78 is 19.1. The fraction of sp³-hybridized carbons (Fsp3) is 0.348. The number of carbonyl (C=O) groups is 1. The lowest BCUT2D eigenvalue weighted by atomic mass is 10.0. The Balaban J connectivity index is 1.31. The van der Waals surface area contributed by atoms with Gasteiger partial charge in [-0.15, -0.1) is 0 Å². The van der Waals surface area contributed by atoms with Crippen molar-refractivity contribution in [2.24, 2.45) is 5.73 Å². The maximum atomic E-state index is 13.9. The third-order valence-electron chi connectivity index (χ3n) is 5.57. The van der Waals surface area contributed by atoms with Crippen LogP contribution < -0.4 is 11.1 Å². The lowest BCUT2D eigenvalue weighted by Crippen LogP contribution is -2.42. The Labute approximate surface area is 190 Å². The molecule has 9 heteroatoms. The SMILES string of the molecule is NC(CC(=O)N1CCCC1CNc1nc(-c2cccc(Cl)c2)no1)Cc1ccccc1F. The number of hydrogen-bond acceptors (Lipinski definition) is 6. The number of carbonyl (C=O) groups excluding carboxylic acids is 1. The van der Waals surface area contributed by atoms with Crippen LogP contribution in [-0.4, -0.2) is 46.1 Å². The predicted octanol–water partition coefficient (Wildman–Crippen LogP) is 3.89. The number of anilines is 1. The van der Waals surface area contributed by atoms with Crippen molar-refractivity contribution in [1.29, 1.82) is 0 Å². The molecule has 2 atom stereocenters. The number of halogens is 2. The molecule has 0 saturated carbocycles. The highest BCUT2D eigenvalue weighted by molar-refractivity contribution is 6.30. The summed E-state index contributed by atoms with van der Waals surface area (Å²) in [4.78, 5) is 19.0. The van der Waals surface area contributed by atoms with E-state index in [1.165, 1.54) is 6.07 Å². The van der Waals surface area contributed by atoms with E-state index in [0.717, 1.165) is 18.4 Å². The molecule has 4 rings (SSSR count). The van der Waals surface area contributed by atoms with E-state index >= 15 is 0 Å². The van der Waals surface area contributed by atoms with Gasteiger partial charge in [-0.05, 0) is 43.0 Å². The standard InChI is InChI=1S/C23H25ClFN5O2/c24-17-7-3-6-16(11-17)22-28-23(32-29-22)27-14-19-8-4-10-30(19)21(31)13-18(26)12-15-5-1-2-9-20(15)25/h1-3,5-7,9,11,18-19H,4,8,10,12-14,26H2,(H,27,28,29). The number of amides is 1. The van der Waals surface area contributed by atoms with Gasteiger partial charge in [-0.3, -0.25) is 4.79 Å². The van der Waals surface area contributed by atoms with Gasteiger partial charge in [0.05, 0.1) is 0 Å². The third kappa shape index (κ3) is 5.44. The van der Waals surface area contributed by atoms with Gasteiger partial charge in [0.25, 0.3) is 0 Å². The number of nitrogens with one attached hydrogen (secondary N) is 1. The molecule has 1 aromatic heterocycles. The van der Waals surface area contributed by atoms with Crippen LogP contribution in [0.5, 0.6) is 0 Å². The minimum absolute atomic E-state index is 0.00433. The van der Waals surface area contributed by atoms with Crippen molar-refractivity contribution in [3.63, 3.8) is 0 Å². The summed E-state index contributed by atoms with van der Waals surface area (Å²) in [6.45, 7) is 1.17. The van der Waals surface area contributed by atoms with E-state index in [9.17, 15) is 9.18 Å². The van der Waals surface area contributed by atoms with Crippen molar-refractivity contribution in [2.75, 3.05) is 18.4 Å². The van der Waals surface area contributed by atoms with Crippen LogP contribution >= 0.6 is 11.6 Å². The fourth-order valence-electron chi connectivity index (χ4n) is 3.98. The molecule has 32 heavy (non-hydrogen) atoms. The number of rotatable bonds is 8. The normalized spacial score (nSPS) is 16.8. The van der Waals surface area contributed by atoms with Gasteiger partial charge in [0, 0.05) is 42.2 Å². The van der Waals surface area contributed by atoms with Crippen LogP contribution in [-0.2, 0) is 11.2 Å². The van der Waals surface area contributed by atoms with E-state index in [0.29, 0.717) is 35.9 Å². The molecule has 1 saturated heterocycles. The molecule has 1 aliphatic heterocycles. The topological polar surface area (TPSA) is 97.3 Å². The van der Waals surface area contributed by atoms with Gasteiger partial charge in [-0.2, -0.15) is 4.98 Å². The van der Waals surface area contributed by atoms with Gasteiger partial charge >= 0.3 is 6.01 Å². The molecule has 0 radical (unpaired) electrons. The number of nitrogens with zero attached hydrogens (tertiary/aromatic N) is 3. The second kappa shape index (κ2) is 10.1. The number of benzene rings is 2. The van der Waals surface area contributed by atoms with Crippen molar-refractivity contribution in [3.05, 3.63) is 64.9 Å². The molecule has 3 aromatic rings. The molecular formula is C23H25ClFN5O2. The molecule has 1 aliphatic rings. The van der Waals surface area contributed by atoms with E-state index in [-0.39, 0.29) is 30.2 Å². The first-order chi connectivity index (χ1) is 15.5. The zero-order valence-corrected chi connectivity index (χ0v) is 18.3. The average Bonchev–Trinajstić information content (AvgIpc) is 3.43. The monoisotopic (exact) mass is 457 g/mol. The van der Waals surface area contributed by atoms with Crippen LogP contribution in [0.15, 0.2) is 53.1 Å². The van der Waals surface area contributed by atoms with Crippen LogP contribution in [0.3, 0.4) is 0 Å². The zero-order chi connectivity index (χ0) is 22.5. The van der Waals surface area contributed by atoms with Crippen LogP contribution in [0.1, 0.15) is 24.8 Å². The van der Waals surface area contributed by atoms with Gasteiger partial charge in [0.1, 0.15) is 5.82 Å². The molecule has 168 valence electrons. The molecule has 3 N–H and O–H groups in total. The average molecular weight is 458 g/mol. The van der Waals surface area contributed by atoms with Crippen molar-refractivity contribution in [2.45, 2.75) is 37.8 Å². The Kier molecular flexibility index (Phi) is 7.02. The van der Waals surface area contributed by atoms with Crippen molar-refractivity contribution in [3.8, 4) is 11.4 Å². The summed E-state index contributed by atoms with van der Waals surface area (Å²) in [6, 6.07) is 13.6. The van der Waals surface area contributed by atoms with E-state index in [1.54, 1.807) is 30.3 Å². The van der Waals surface area contributed by atoms with Gasteiger partial charge in [0.2, 0.25) is 11.7 Å². The lowest BCUT2D eigenvalue weighted by Gasteiger charge is -2.26. The summed E-state index contributed by atoms with van der Waals surface area (Å²) in [6.07, 6.45) is 2.28. The molecule has 0 spiro atoms. The molecule has 2 unspecified atom stereocenters. The summed E-state index contributed by atoms with van der Waals surface area (Å²) in [5.41, 5.74) is 7.44. The van der Waals surface area contributed by atoms with Crippen molar-refractivity contribution in [1.82, 2.24) is 15.0 Å². The van der Waals surface area contributed by atoms with E-state index in [1.807, 2.05) is 17.0 Å². The molecular weight excluding hydrogens is 433 g/mol. The first-order valence-corrected chi connectivity index (χ1v) is 11.0. The van der Waals surface area contributed by atoms with Crippen LogP contribution in [0.2, 0.25) is 5.02 Å². The van der Waals surface area contributed by atoms with Crippen molar-refractivity contribution >= 4 is 23.5 Å². The van der Waals surface area contributed by atoms with E-state index < -0.39 is 6.04 Å². The Bertz CT molecular complexity index is 1080.